The van der Waals surface area contributed by atoms with Crippen molar-refractivity contribution in [3.63, 3.8) is 0 Å². The predicted octanol–water partition coefficient (Wildman–Crippen LogP) is 2.96. The normalized spacial score (nSPS) is 29.0. The van der Waals surface area contributed by atoms with Gasteiger partial charge in [-0.3, -0.25) is 4.90 Å². The number of rotatable bonds is 2. The molecule has 0 radical (unpaired) electrons. The van der Waals surface area contributed by atoms with Gasteiger partial charge < -0.3 is 10.5 Å². The third-order valence-electron chi connectivity index (χ3n) is 5.50. The number of nitrogen functional groups attached to an aromatic ring is 1. The molecule has 1 aliphatic heterocycles. The Morgan fingerprint density at radius 3 is 2.71 bits per heavy atom. The lowest BCUT2D eigenvalue weighted by molar-refractivity contribution is -0.0401. The minimum absolute atomic E-state index is 0.361. The number of nitrogens with zero attached hydrogens (tertiary/aromatic N) is 3. The molecular weight excluding hydrogens is 300 g/mol. The summed E-state index contributed by atoms with van der Waals surface area (Å²) in [7, 11) is 0. The Bertz CT molecular complexity index is 712. The number of aromatic nitrogens is 2. The maximum absolute atomic E-state index is 6.15. The highest BCUT2D eigenvalue weighted by Crippen LogP contribution is 2.35. The molecule has 1 atom stereocenters. The summed E-state index contributed by atoms with van der Waals surface area (Å²) in [6, 6.07) is 8.69. The maximum Gasteiger partial charge on any atom is 0.135 e. The van der Waals surface area contributed by atoms with Crippen molar-refractivity contribution in [1.29, 1.82) is 0 Å². The van der Waals surface area contributed by atoms with Crippen LogP contribution in [-0.4, -0.2) is 46.7 Å². The van der Waals surface area contributed by atoms with Gasteiger partial charge >= 0.3 is 0 Å². The second-order valence-corrected chi connectivity index (χ2v) is 7.17. The zero-order valence-corrected chi connectivity index (χ0v) is 14.3. The number of para-hydroxylation sites is 1. The zero-order valence-electron chi connectivity index (χ0n) is 14.3. The number of ether oxygens (including phenoxy) is 1. The van der Waals surface area contributed by atoms with E-state index in [-0.39, 0.29) is 0 Å². The van der Waals surface area contributed by atoms with Crippen LogP contribution in [0.15, 0.2) is 24.3 Å². The van der Waals surface area contributed by atoms with E-state index in [0.717, 1.165) is 49.3 Å². The quantitative estimate of drug-likeness (QED) is 0.919. The molecule has 0 unspecified atom stereocenters. The zero-order chi connectivity index (χ0) is 16.5. The van der Waals surface area contributed by atoms with Crippen molar-refractivity contribution in [3.8, 4) is 0 Å². The van der Waals surface area contributed by atoms with Crippen LogP contribution in [0.4, 0.5) is 5.82 Å². The van der Waals surface area contributed by atoms with E-state index in [1.165, 1.54) is 12.8 Å². The Kier molecular flexibility index (Phi) is 4.37. The van der Waals surface area contributed by atoms with E-state index in [1.807, 2.05) is 24.3 Å². The highest BCUT2D eigenvalue weighted by Gasteiger charge is 2.30. The molecule has 1 aromatic heterocycles. The average Bonchev–Trinajstić information content (AvgIpc) is 2.62. The number of hydrogen-bond acceptors (Lipinski definition) is 5. The van der Waals surface area contributed by atoms with Crippen molar-refractivity contribution in [2.45, 2.75) is 50.7 Å². The molecule has 2 N–H and O–H groups in total. The lowest BCUT2D eigenvalue weighted by Gasteiger charge is -2.40. The summed E-state index contributed by atoms with van der Waals surface area (Å²) in [5, 5.41) is 0.956. The van der Waals surface area contributed by atoms with E-state index in [4.69, 9.17) is 15.5 Å². The Labute approximate surface area is 143 Å². The van der Waals surface area contributed by atoms with Crippen LogP contribution in [0, 0.1) is 0 Å². The first kappa shape index (κ1) is 15.8. The topological polar surface area (TPSA) is 64.3 Å². The molecule has 0 bridgehead atoms. The molecule has 5 nitrogen and oxygen atoms in total. The van der Waals surface area contributed by atoms with Crippen molar-refractivity contribution in [1.82, 2.24) is 14.9 Å². The van der Waals surface area contributed by atoms with Crippen molar-refractivity contribution in [2.75, 3.05) is 25.4 Å². The molecule has 5 heteroatoms. The molecule has 2 aliphatic rings. The van der Waals surface area contributed by atoms with Gasteiger partial charge in [-0.1, -0.05) is 12.1 Å². The van der Waals surface area contributed by atoms with Crippen LogP contribution in [0.5, 0.6) is 0 Å². The predicted molar refractivity (Wildman–Crippen MR) is 95.9 cm³/mol. The lowest BCUT2D eigenvalue weighted by Crippen LogP contribution is -2.47. The Morgan fingerprint density at radius 2 is 1.92 bits per heavy atom. The van der Waals surface area contributed by atoms with Crippen LogP contribution in [0.1, 0.15) is 44.3 Å². The van der Waals surface area contributed by atoms with Gasteiger partial charge in [-0.2, -0.15) is 0 Å². The summed E-state index contributed by atoms with van der Waals surface area (Å²) in [6.07, 6.45) is 5.09. The van der Waals surface area contributed by atoms with E-state index in [9.17, 15) is 0 Å². The molecule has 1 aliphatic carbocycles. The minimum Gasteiger partial charge on any atom is -0.383 e. The summed E-state index contributed by atoms with van der Waals surface area (Å²) in [5.41, 5.74) is 7.11. The number of morpholine rings is 1. The molecule has 0 spiro atoms. The molecule has 128 valence electrons. The third-order valence-corrected chi connectivity index (χ3v) is 5.50. The molecule has 24 heavy (non-hydrogen) atoms. The first-order valence-electron chi connectivity index (χ1n) is 9.08. The molecule has 0 amide bonds. The van der Waals surface area contributed by atoms with E-state index in [0.29, 0.717) is 23.9 Å². The van der Waals surface area contributed by atoms with E-state index < -0.39 is 0 Å². The number of hydrogen-bond donors (Lipinski definition) is 1. The smallest absolute Gasteiger partial charge is 0.135 e. The fourth-order valence-corrected chi connectivity index (χ4v) is 4.18. The van der Waals surface area contributed by atoms with Gasteiger partial charge in [0, 0.05) is 30.4 Å². The number of nitrogens with two attached hydrogens (primary N) is 1. The molecule has 2 heterocycles. The van der Waals surface area contributed by atoms with Gasteiger partial charge in [0.2, 0.25) is 0 Å². The highest BCUT2D eigenvalue weighted by molar-refractivity contribution is 5.87. The van der Waals surface area contributed by atoms with Crippen LogP contribution >= 0.6 is 0 Å². The second kappa shape index (κ2) is 6.65. The molecule has 2 fully saturated rings. The van der Waals surface area contributed by atoms with Gasteiger partial charge in [-0.25, -0.2) is 9.97 Å². The molecule has 1 saturated heterocycles. The summed E-state index contributed by atoms with van der Waals surface area (Å²) in [4.78, 5) is 12.0. The first-order valence-corrected chi connectivity index (χ1v) is 9.08. The van der Waals surface area contributed by atoms with Crippen molar-refractivity contribution >= 4 is 16.7 Å². The maximum atomic E-state index is 6.15. The van der Waals surface area contributed by atoms with Gasteiger partial charge in [0.15, 0.2) is 0 Å². The van der Waals surface area contributed by atoms with Gasteiger partial charge in [0.05, 0.1) is 18.2 Å². The van der Waals surface area contributed by atoms with Gasteiger partial charge in [-0.15, -0.1) is 0 Å². The summed E-state index contributed by atoms with van der Waals surface area (Å²) in [5.74, 6) is 1.98. The van der Waals surface area contributed by atoms with Crippen LogP contribution in [0.2, 0.25) is 0 Å². The molecule has 4 rings (SSSR count). The van der Waals surface area contributed by atoms with Crippen molar-refractivity contribution in [2.24, 2.45) is 0 Å². The van der Waals surface area contributed by atoms with Crippen LogP contribution in [-0.2, 0) is 4.74 Å². The SMILES string of the molecule is C[C@@H]1CN(C2CCC(c3nc(N)c4ccccc4n3)CC2)CCO1. The van der Waals surface area contributed by atoms with Crippen molar-refractivity contribution < 1.29 is 4.74 Å². The van der Waals surface area contributed by atoms with Gasteiger partial charge in [0.25, 0.3) is 0 Å². The van der Waals surface area contributed by atoms with Crippen LogP contribution in [0.3, 0.4) is 0 Å². The summed E-state index contributed by atoms with van der Waals surface area (Å²) < 4.78 is 5.67. The first-order chi connectivity index (χ1) is 11.7. The average molecular weight is 326 g/mol. The van der Waals surface area contributed by atoms with Crippen LogP contribution < -0.4 is 5.73 Å². The molecule has 1 aromatic carbocycles. The molecule has 2 aromatic rings. The monoisotopic (exact) mass is 326 g/mol. The summed E-state index contributed by atoms with van der Waals surface area (Å²) >= 11 is 0. The summed E-state index contributed by atoms with van der Waals surface area (Å²) in [6.45, 7) is 5.17. The standard InChI is InChI=1S/C19H26N4O/c1-13-12-23(10-11-24-13)15-8-6-14(7-9-15)19-21-17-5-3-2-4-16(17)18(20)22-19/h2-5,13-15H,6-12H2,1H3,(H2,20,21,22)/t13-,14?,15?/m1/s1. The largest absolute Gasteiger partial charge is 0.383 e. The van der Waals surface area contributed by atoms with E-state index >= 15 is 0 Å². The Balaban J connectivity index is 1.46. The Hall–Kier alpha value is -1.72. The number of anilines is 1. The lowest BCUT2D eigenvalue weighted by atomic mass is 9.84. The second-order valence-electron chi connectivity index (χ2n) is 7.17. The fraction of sp³-hybridized carbons (Fsp3) is 0.579. The number of fused-ring (bicyclic) bond motifs is 1. The van der Waals surface area contributed by atoms with Crippen LogP contribution in [0.25, 0.3) is 10.9 Å². The molecule has 1 saturated carbocycles. The number of benzene rings is 1. The van der Waals surface area contributed by atoms with E-state index in [2.05, 4.69) is 16.8 Å². The molecular formula is C19H26N4O. The fourth-order valence-electron chi connectivity index (χ4n) is 4.18. The van der Waals surface area contributed by atoms with Gasteiger partial charge in [-0.05, 0) is 44.7 Å². The van der Waals surface area contributed by atoms with E-state index in [1.54, 1.807) is 0 Å². The highest BCUT2D eigenvalue weighted by atomic mass is 16.5. The van der Waals surface area contributed by atoms with Gasteiger partial charge in [0.1, 0.15) is 11.6 Å². The minimum atomic E-state index is 0.361. The Morgan fingerprint density at radius 1 is 1.12 bits per heavy atom. The van der Waals surface area contributed by atoms with Crippen molar-refractivity contribution in [3.05, 3.63) is 30.1 Å². The third kappa shape index (κ3) is 3.10.